The second kappa shape index (κ2) is 11.3. The summed E-state index contributed by atoms with van der Waals surface area (Å²) in [5.41, 5.74) is 3.00. The first-order valence-electron chi connectivity index (χ1n) is 9.73. The van der Waals surface area contributed by atoms with Gasteiger partial charge in [-0.25, -0.2) is 0 Å². The molecular formula is C23H30O3. The van der Waals surface area contributed by atoms with Crippen molar-refractivity contribution in [3.8, 4) is 16.9 Å². The molecule has 0 spiro atoms. The van der Waals surface area contributed by atoms with Crippen LogP contribution in [0.2, 0.25) is 0 Å². The van der Waals surface area contributed by atoms with E-state index in [9.17, 15) is 4.79 Å². The van der Waals surface area contributed by atoms with E-state index in [2.05, 4.69) is 6.92 Å². The Labute approximate surface area is 157 Å². The van der Waals surface area contributed by atoms with Crippen LogP contribution in [0.4, 0.5) is 0 Å². The molecule has 2 aromatic rings. The maximum absolute atomic E-state index is 10.7. The van der Waals surface area contributed by atoms with Crippen LogP contribution >= 0.6 is 0 Å². The number of carbonyl (C=O) groups is 1. The Kier molecular flexibility index (Phi) is 8.74. The van der Waals surface area contributed by atoms with Gasteiger partial charge in [0.2, 0.25) is 0 Å². The van der Waals surface area contributed by atoms with Gasteiger partial charge in [-0.05, 0) is 35.2 Å². The van der Waals surface area contributed by atoms with Crippen molar-refractivity contribution in [2.45, 2.75) is 58.3 Å². The van der Waals surface area contributed by atoms with Crippen molar-refractivity contribution in [3.05, 3.63) is 54.1 Å². The molecule has 0 atom stereocenters. The number of aliphatic carboxylic acids is 1. The average molecular weight is 354 g/mol. The van der Waals surface area contributed by atoms with E-state index in [-0.39, 0.29) is 6.42 Å². The number of hydrogen-bond acceptors (Lipinski definition) is 2. The predicted molar refractivity (Wildman–Crippen MR) is 107 cm³/mol. The standard InChI is InChI=1S/C23H30O3/c1-2-3-4-5-6-7-8-17-26-22-15-13-21(14-16-22)20-11-9-19(10-12-20)18-23(24)25/h9-16H,2-8,17-18H2,1H3,(H,24,25). The van der Waals surface area contributed by atoms with E-state index in [1.54, 1.807) is 0 Å². The summed E-state index contributed by atoms with van der Waals surface area (Å²) < 4.78 is 5.82. The molecule has 3 heteroatoms. The molecule has 26 heavy (non-hydrogen) atoms. The van der Waals surface area contributed by atoms with E-state index in [1.807, 2.05) is 48.5 Å². The van der Waals surface area contributed by atoms with Crippen molar-refractivity contribution in [1.29, 1.82) is 0 Å². The van der Waals surface area contributed by atoms with E-state index in [0.29, 0.717) is 0 Å². The fraction of sp³-hybridized carbons (Fsp3) is 0.435. The van der Waals surface area contributed by atoms with Gasteiger partial charge >= 0.3 is 5.97 Å². The molecule has 0 aromatic heterocycles. The number of hydrogen-bond donors (Lipinski definition) is 1. The van der Waals surface area contributed by atoms with E-state index >= 15 is 0 Å². The van der Waals surface area contributed by atoms with Crippen molar-refractivity contribution < 1.29 is 14.6 Å². The molecule has 0 amide bonds. The molecule has 0 radical (unpaired) electrons. The van der Waals surface area contributed by atoms with Crippen LogP contribution in [0.5, 0.6) is 5.75 Å². The van der Waals surface area contributed by atoms with Crippen LogP contribution in [0.25, 0.3) is 11.1 Å². The first kappa shape index (κ1) is 20.0. The topological polar surface area (TPSA) is 46.5 Å². The summed E-state index contributed by atoms with van der Waals surface area (Å²) >= 11 is 0. The third-order valence-electron chi connectivity index (χ3n) is 4.51. The zero-order valence-corrected chi connectivity index (χ0v) is 15.7. The summed E-state index contributed by atoms with van der Waals surface area (Å²) in [7, 11) is 0. The Hall–Kier alpha value is -2.29. The zero-order chi connectivity index (χ0) is 18.6. The van der Waals surface area contributed by atoms with Crippen LogP contribution in [0, 0.1) is 0 Å². The Balaban J connectivity index is 1.73. The molecule has 0 unspecified atom stereocenters. The third-order valence-corrected chi connectivity index (χ3v) is 4.51. The number of unbranched alkanes of at least 4 members (excludes halogenated alkanes) is 6. The molecule has 0 aliphatic carbocycles. The summed E-state index contributed by atoms with van der Waals surface area (Å²) in [6.45, 7) is 3.02. The summed E-state index contributed by atoms with van der Waals surface area (Å²) in [4.78, 5) is 10.7. The minimum absolute atomic E-state index is 0.0612. The Morgan fingerprint density at radius 2 is 1.35 bits per heavy atom. The normalized spacial score (nSPS) is 10.7. The molecule has 3 nitrogen and oxygen atoms in total. The van der Waals surface area contributed by atoms with E-state index in [4.69, 9.17) is 9.84 Å². The molecule has 0 saturated carbocycles. The Morgan fingerprint density at radius 3 is 1.92 bits per heavy atom. The fourth-order valence-electron chi connectivity index (χ4n) is 2.98. The van der Waals surface area contributed by atoms with Gasteiger partial charge in [-0.15, -0.1) is 0 Å². The number of carboxylic acids is 1. The number of rotatable bonds is 12. The van der Waals surface area contributed by atoms with E-state index < -0.39 is 5.97 Å². The molecule has 140 valence electrons. The highest BCUT2D eigenvalue weighted by Crippen LogP contribution is 2.23. The average Bonchev–Trinajstić information content (AvgIpc) is 2.65. The summed E-state index contributed by atoms with van der Waals surface area (Å²) in [5, 5.41) is 8.82. The Bertz CT molecular complexity index is 644. The smallest absolute Gasteiger partial charge is 0.307 e. The summed E-state index contributed by atoms with van der Waals surface area (Å²) in [5.74, 6) is 0.0995. The quantitative estimate of drug-likeness (QED) is 0.468. The number of ether oxygens (including phenoxy) is 1. The second-order valence-corrected chi connectivity index (χ2v) is 6.76. The minimum Gasteiger partial charge on any atom is -0.494 e. The van der Waals surface area contributed by atoms with Crippen molar-refractivity contribution in [1.82, 2.24) is 0 Å². The predicted octanol–water partition coefficient (Wildman–Crippen LogP) is 6.11. The highest BCUT2D eigenvalue weighted by molar-refractivity contribution is 5.71. The van der Waals surface area contributed by atoms with Crippen LogP contribution in [0.3, 0.4) is 0 Å². The van der Waals surface area contributed by atoms with Gasteiger partial charge in [0.1, 0.15) is 5.75 Å². The van der Waals surface area contributed by atoms with Crippen molar-refractivity contribution >= 4 is 5.97 Å². The lowest BCUT2D eigenvalue weighted by Gasteiger charge is -2.08. The monoisotopic (exact) mass is 354 g/mol. The van der Waals surface area contributed by atoms with Crippen molar-refractivity contribution in [2.24, 2.45) is 0 Å². The molecule has 0 bridgehead atoms. The molecule has 1 N–H and O–H groups in total. The molecule has 0 aliphatic rings. The van der Waals surface area contributed by atoms with Gasteiger partial charge in [-0.1, -0.05) is 81.8 Å². The maximum atomic E-state index is 10.7. The van der Waals surface area contributed by atoms with Gasteiger partial charge in [0.15, 0.2) is 0 Å². The molecule has 0 fully saturated rings. The van der Waals surface area contributed by atoms with Crippen molar-refractivity contribution in [3.63, 3.8) is 0 Å². The molecule has 0 aliphatic heterocycles. The van der Waals surface area contributed by atoms with Crippen LogP contribution in [-0.4, -0.2) is 17.7 Å². The highest BCUT2D eigenvalue weighted by Gasteiger charge is 2.02. The van der Waals surface area contributed by atoms with Crippen molar-refractivity contribution in [2.75, 3.05) is 6.61 Å². The van der Waals surface area contributed by atoms with Crippen LogP contribution in [-0.2, 0) is 11.2 Å². The number of benzene rings is 2. The largest absolute Gasteiger partial charge is 0.494 e. The lowest BCUT2D eigenvalue weighted by Crippen LogP contribution is -1.99. The maximum Gasteiger partial charge on any atom is 0.307 e. The molecule has 2 aromatic carbocycles. The van der Waals surface area contributed by atoms with Gasteiger partial charge in [0.05, 0.1) is 13.0 Å². The molecule has 0 saturated heterocycles. The number of carboxylic acid groups (broad SMARTS) is 1. The van der Waals surface area contributed by atoms with Gasteiger partial charge < -0.3 is 9.84 Å². The zero-order valence-electron chi connectivity index (χ0n) is 15.7. The lowest BCUT2D eigenvalue weighted by molar-refractivity contribution is -0.136. The van der Waals surface area contributed by atoms with E-state index in [0.717, 1.165) is 35.5 Å². The fourth-order valence-corrected chi connectivity index (χ4v) is 2.98. The van der Waals surface area contributed by atoms with Crippen LogP contribution in [0.15, 0.2) is 48.5 Å². The summed E-state index contributed by atoms with van der Waals surface area (Å²) in [6, 6.07) is 15.8. The third kappa shape index (κ3) is 7.30. The van der Waals surface area contributed by atoms with Crippen LogP contribution in [0.1, 0.15) is 57.4 Å². The first-order valence-corrected chi connectivity index (χ1v) is 9.73. The molecule has 0 heterocycles. The SMILES string of the molecule is CCCCCCCCCOc1ccc(-c2ccc(CC(=O)O)cc2)cc1. The van der Waals surface area contributed by atoms with Gasteiger partial charge in [-0.2, -0.15) is 0 Å². The second-order valence-electron chi connectivity index (χ2n) is 6.76. The summed E-state index contributed by atoms with van der Waals surface area (Å²) in [6.07, 6.45) is 9.07. The highest BCUT2D eigenvalue weighted by atomic mass is 16.5. The van der Waals surface area contributed by atoms with Crippen LogP contribution < -0.4 is 4.74 Å². The first-order chi connectivity index (χ1) is 12.7. The van der Waals surface area contributed by atoms with Gasteiger partial charge in [-0.3, -0.25) is 4.79 Å². The van der Waals surface area contributed by atoms with Gasteiger partial charge in [0, 0.05) is 0 Å². The minimum atomic E-state index is -0.805. The molecular weight excluding hydrogens is 324 g/mol. The van der Waals surface area contributed by atoms with E-state index in [1.165, 1.54) is 38.5 Å². The lowest BCUT2D eigenvalue weighted by atomic mass is 10.0. The molecule has 2 rings (SSSR count). The Morgan fingerprint density at radius 1 is 0.808 bits per heavy atom. The van der Waals surface area contributed by atoms with Gasteiger partial charge in [0.25, 0.3) is 0 Å².